The molecule has 0 radical (unpaired) electrons. The third kappa shape index (κ3) is 4.63. The minimum Gasteiger partial charge on any atom is -0.336 e. The summed E-state index contributed by atoms with van der Waals surface area (Å²) in [5, 5.41) is 0. The minimum absolute atomic E-state index is 0.122. The van der Waals surface area contributed by atoms with Crippen molar-refractivity contribution in [3.05, 3.63) is 54.4 Å². The summed E-state index contributed by atoms with van der Waals surface area (Å²) in [6.07, 6.45) is 2.80. The van der Waals surface area contributed by atoms with Crippen molar-refractivity contribution < 1.29 is 22.0 Å². The first-order valence-electron chi connectivity index (χ1n) is 8.12. The standard InChI is InChI=1S/C17H17F2N3O3S2/c18-17(19)26-14-5-3-13(4-6-14)16(23)21-8-10-22(11-9-21)27(24,25)15-2-1-7-20-12-15/h1-7,12,17H,8-11H2. The van der Waals surface area contributed by atoms with Gasteiger partial charge in [0.05, 0.1) is 0 Å². The molecule has 1 aliphatic rings. The second-order valence-corrected chi connectivity index (χ2v) is 8.79. The minimum atomic E-state index is -3.63. The fraction of sp³-hybridized carbons (Fsp3) is 0.294. The van der Waals surface area contributed by atoms with Gasteiger partial charge in [0.25, 0.3) is 11.7 Å². The van der Waals surface area contributed by atoms with E-state index in [1.54, 1.807) is 11.0 Å². The van der Waals surface area contributed by atoms with Crippen LogP contribution in [0.3, 0.4) is 0 Å². The first-order chi connectivity index (χ1) is 12.9. The number of hydrogen-bond donors (Lipinski definition) is 0. The summed E-state index contributed by atoms with van der Waals surface area (Å²) in [5.74, 6) is -2.76. The van der Waals surface area contributed by atoms with Gasteiger partial charge >= 0.3 is 0 Å². The van der Waals surface area contributed by atoms with Crippen molar-refractivity contribution in [3.8, 4) is 0 Å². The van der Waals surface area contributed by atoms with Crippen molar-refractivity contribution in [2.45, 2.75) is 15.5 Å². The largest absolute Gasteiger partial charge is 0.336 e. The normalized spacial score (nSPS) is 15.9. The Labute approximate surface area is 160 Å². The van der Waals surface area contributed by atoms with Crippen LogP contribution in [0, 0.1) is 0 Å². The number of benzene rings is 1. The number of alkyl halides is 2. The van der Waals surface area contributed by atoms with E-state index in [-0.39, 0.29) is 37.0 Å². The van der Waals surface area contributed by atoms with E-state index in [0.717, 1.165) is 0 Å². The topological polar surface area (TPSA) is 70.6 Å². The number of hydrogen-bond acceptors (Lipinski definition) is 5. The number of amides is 1. The average Bonchev–Trinajstić information content (AvgIpc) is 2.68. The van der Waals surface area contributed by atoms with E-state index in [9.17, 15) is 22.0 Å². The summed E-state index contributed by atoms with van der Waals surface area (Å²) in [6, 6.07) is 9.01. The lowest BCUT2D eigenvalue weighted by Gasteiger charge is -2.34. The number of aromatic nitrogens is 1. The zero-order valence-electron chi connectivity index (χ0n) is 14.2. The molecule has 0 aliphatic carbocycles. The number of carbonyl (C=O) groups excluding carboxylic acids is 1. The SMILES string of the molecule is O=C(c1ccc(SC(F)F)cc1)N1CCN(S(=O)(=O)c2cccnc2)CC1. The molecule has 0 saturated carbocycles. The van der Waals surface area contributed by atoms with E-state index in [2.05, 4.69) is 4.98 Å². The summed E-state index contributed by atoms with van der Waals surface area (Å²) >= 11 is 0.419. The molecule has 0 unspecified atom stereocenters. The summed E-state index contributed by atoms with van der Waals surface area (Å²) in [7, 11) is -3.63. The Hall–Kier alpha value is -2.04. The van der Waals surface area contributed by atoms with Crippen LogP contribution in [0.4, 0.5) is 8.78 Å². The predicted octanol–water partition coefficient (Wildman–Crippen LogP) is 2.54. The Bertz CT molecular complexity index is 885. The number of carbonyl (C=O) groups is 1. The van der Waals surface area contributed by atoms with Crippen molar-refractivity contribution >= 4 is 27.7 Å². The van der Waals surface area contributed by atoms with Crippen LogP contribution in [0.5, 0.6) is 0 Å². The molecule has 1 fully saturated rings. The molecule has 2 heterocycles. The Morgan fingerprint density at radius 3 is 2.30 bits per heavy atom. The van der Waals surface area contributed by atoms with Crippen LogP contribution >= 0.6 is 11.8 Å². The molecular formula is C17H17F2N3O3S2. The quantitative estimate of drug-likeness (QED) is 0.705. The summed E-state index contributed by atoms with van der Waals surface area (Å²) < 4.78 is 51.2. The number of piperazine rings is 1. The van der Waals surface area contributed by atoms with Crippen LogP contribution < -0.4 is 0 Å². The molecule has 0 spiro atoms. The number of halogens is 2. The van der Waals surface area contributed by atoms with Gasteiger partial charge in [0.2, 0.25) is 10.0 Å². The maximum atomic E-state index is 12.6. The summed E-state index contributed by atoms with van der Waals surface area (Å²) in [5.41, 5.74) is 0.386. The molecule has 1 saturated heterocycles. The lowest BCUT2D eigenvalue weighted by Crippen LogP contribution is -2.50. The molecule has 0 atom stereocenters. The van der Waals surface area contributed by atoms with Gasteiger partial charge in [-0.3, -0.25) is 9.78 Å². The van der Waals surface area contributed by atoms with Gasteiger partial charge in [0.1, 0.15) is 4.90 Å². The number of pyridine rings is 1. The number of thioether (sulfide) groups is 1. The van der Waals surface area contributed by atoms with Gasteiger partial charge in [0, 0.05) is 49.0 Å². The molecule has 1 amide bonds. The van der Waals surface area contributed by atoms with E-state index in [4.69, 9.17) is 0 Å². The van der Waals surface area contributed by atoms with Crippen LogP contribution in [0.2, 0.25) is 0 Å². The predicted molar refractivity (Wildman–Crippen MR) is 97.2 cm³/mol. The zero-order chi connectivity index (χ0) is 19.4. The first kappa shape index (κ1) is 19.7. The van der Waals surface area contributed by atoms with Gasteiger partial charge in [-0.1, -0.05) is 11.8 Å². The molecule has 144 valence electrons. The molecule has 3 rings (SSSR count). The van der Waals surface area contributed by atoms with Crippen molar-refractivity contribution in [1.29, 1.82) is 0 Å². The van der Waals surface area contributed by atoms with E-state index in [0.29, 0.717) is 22.2 Å². The van der Waals surface area contributed by atoms with Crippen LogP contribution in [-0.4, -0.2) is 60.5 Å². The fourth-order valence-electron chi connectivity index (χ4n) is 2.74. The number of nitrogens with zero attached hydrogens (tertiary/aromatic N) is 3. The molecular weight excluding hydrogens is 396 g/mol. The van der Waals surface area contributed by atoms with Gasteiger partial charge in [-0.05, 0) is 36.4 Å². The van der Waals surface area contributed by atoms with E-state index in [1.807, 2.05) is 0 Å². The zero-order valence-corrected chi connectivity index (χ0v) is 15.8. The third-order valence-corrected chi connectivity index (χ3v) is 6.73. The molecule has 1 aliphatic heterocycles. The molecule has 0 N–H and O–H groups in total. The maximum Gasteiger partial charge on any atom is 0.288 e. The molecule has 27 heavy (non-hydrogen) atoms. The summed E-state index contributed by atoms with van der Waals surface area (Å²) in [6.45, 7) is 0.877. The van der Waals surface area contributed by atoms with Crippen molar-refractivity contribution in [3.63, 3.8) is 0 Å². The van der Waals surface area contributed by atoms with Gasteiger partial charge in [-0.15, -0.1) is 0 Å². The third-order valence-electron chi connectivity index (χ3n) is 4.12. The van der Waals surface area contributed by atoms with Crippen molar-refractivity contribution in [1.82, 2.24) is 14.2 Å². The maximum absolute atomic E-state index is 12.6. The second-order valence-electron chi connectivity index (χ2n) is 5.79. The van der Waals surface area contributed by atoms with Gasteiger partial charge in [-0.25, -0.2) is 8.42 Å². The Morgan fingerprint density at radius 2 is 1.74 bits per heavy atom. The molecule has 10 heteroatoms. The monoisotopic (exact) mass is 413 g/mol. The van der Waals surface area contributed by atoms with E-state index in [1.165, 1.54) is 47.0 Å². The lowest BCUT2D eigenvalue weighted by molar-refractivity contribution is 0.0698. The van der Waals surface area contributed by atoms with Crippen LogP contribution in [0.1, 0.15) is 10.4 Å². The van der Waals surface area contributed by atoms with Crippen molar-refractivity contribution in [2.75, 3.05) is 26.2 Å². The van der Waals surface area contributed by atoms with Crippen molar-refractivity contribution in [2.24, 2.45) is 0 Å². The molecule has 1 aromatic carbocycles. The molecule has 2 aromatic rings. The van der Waals surface area contributed by atoms with Gasteiger partial charge in [0.15, 0.2) is 0 Å². The summed E-state index contributed by atoms with van der Waals surface area (Å²) in [4.78, 5) is 18.5. The van der Waals surface area contributed by atoms with Gasteiger partial charge in [-0.2, -0.15) is 13.1 Å². The first-order valence-corrected chi connectivity index (χ1v) is 10.4. The Morgan fingerprint density at radius 1 is 1.07 bits per heavy atom. The molecule has 0 bridgehead atoms. The molecule has 1 aromatic heterocycles. The smallest absolute Gasteiger partial charge is 0.288 e. The number of sulfonamides is 1. The average molecular weight is 413 g/mol. The van der Waals surface area contributed by atoms with E-state index >= 15 is 0 Å². The van der Waals surface area contributed by atoms with Crippen LogP contribution in [0.15, 0.2) is 58.6 Å². The number of rotatable bonds is 5. The highest BCUT2D eigenvalue weighted by atomic mass is 32.2. The van der Waals surface area contributed by atoms with Crippen LogP contribution in [-0.2, 0) is 10.0 Å². The van der Waals surface area contributed by atoms with Crippen LogP contribution in [0.25, 0.3) is 0 Å². The highest BCUT2D eigenvalue weighted by Crippen LogP contribution is 2.25. The highest BCUT2D eigenvalue weighted by Gasteiger charge is 2.30. The highest BCUT2D eigenvalue weighted by molar-refractivity contribution is 7.99. The lowest BCUT2D eigenvalue weighted by atomic mass is 10.2. The molecule has 6 nitrogen and oxygen atoms in total. The fourth-order valence-corrected chi connectivity index (χ4v) is 4.63. The second kappa shape index (κ2) is 8.32. The Kier molecular flexibility index (Phi) is 6.08. The Balaban J connectivity index is 1.62. The van der Waals surface area contributed by atoms with Gasteiger partial charge < -0.3 is 4.90 Å². The van der Waals surface area contributed by atoms with E-state index < -0.39 is 15.8 Å².